The number of nitrogens with two attached hydrogens (primary N) is 1. The Bertz CT molecular complexity index is 1080. The van der Waals surface area contributed by atoms with Gasteiger partial charge in [-0.15, -0.1) is 0 Å². The number of anilines is 1. The van der Waals surface area contributed by atoms with Crippen molar-refractivity contribution < 1.29 is 9.59 Å². The molecule has 0 amide bonds. The number of carbonyl (C=O) groups is 2. The SMILES string of the molecule is CC(=O)c1ccccc1N.Cc1c2c(nc3ccccc13)CCCC2.O=C1CCCCC1. The van der Waals surface area contributed by atoms with E-state index in [2.05, 4.69) is 31.2 Å². The Kier molecular flexibility index (Phi) is 8.55. The van der Waals surface area contributed by atoms with Crippen LogP contribution in [-0.2, 0) is 17.6 Å². The van der Waals surface area contributed by atoms with Gasteiger partial charge in [-0.05, 0) is 81.7 Å². The number of pyridine rings is 1. The van der Waals surface area contributed by atoms with Crippen LogP contribution in [0.1, 0.15) is 79.0 Å². The molecular weight excluding hydrogens is 396 g/mol. The lowest BCUT2D eigenvalue weighted by Crippen LogP contribution is -2.07. The minimum Gasteiger partial charge on any atom is -0.398 e. The van der Waals surface area contributed by atoms with E-state index in [1.165, 1.54) is 61.2 Å². The summed E-state index contributed by atoms with van der Waals surface area (Å²) in [5.41, 5.74) is 12.1. The average Bonchev–Trinajstić information content (AvgIpc) is 2.81. The van der Waals surface area contributed by atoms with Crippen LogP contribution in [0.2, 0.25) is 0 Å². The van der Waals surface area contributed by atoms with Crippen molar-refractivity contribution in [2.75, 3.05) is 5.73 Å². The Balaban J connectivity index is 0.000000147. The van der Waals surface area contributed by atoms with E-state index in [1.807, 2.05) is 6.07 Å². The van der Waals surface area contributed by atoms with E-state index in [0.29, 0.717) is 17.0 Å². The molecule has 2 N–H and O–H groups in total. The number of nitrogen functional groups attached to an aromatic ring is 1. The number of aromatic nitrogens is 1. The fraction of sp³-hybridized carbons (Fsp3) is 0.393. The zero-order valence-corrected chi connectivity index (χ0v) is 19.3. The summed E-state index contributed by atoms with van der Waals surface area (Å²) in [5, 5.41) is 1.33. The minimum atomic E-state index is 0.0121. The van der Waals surface area contributed by atoms with Gasteiger partial charge in [-0.3, -0.25) is 14.6 Å². The third-order valence-electron chi connectivity index (χ3n) is 6.21. The summed E-state index contributed by atoms with van der Waals surface area (Å²) in [4.78, 5) is 26.0. The fourth-order valence-electron chi connectivity index (χ4n) is 4.38. The Labute approximate surface area is 191 Å². The second kappa shape index (κ2) is 11.6. The van der Waals surface area contributed by atoms with E-state index in [0.717, 1.165) is 31.2 Å². The first-order chi connectivity index (χ1) is 15.5. The summed E-state index contributed by atoms with van der Waals surface area (Å²) < 4.78 is 0. The average molecular weight is 431 g/mol. The number of hydrogen-bond acceptors (Lipinski definition) is 4. The molecule has 0 aliphatic heterocycles. The first-order valence-electron chi connectivity index (χ1n) is 11.7. The second-order valence-corrected chi connectivity index (χ2v) is 8.63. The molecule has 0 saturated heterocycles. The van der Waals surface area contributed by atoms with Gasteiger partial charge in [0.05, 0.1) is 5.52 Å². The summed E-state index contributed by atoms with van der Waals surface area (Å²) in [6.45, 7) is 3.75. The zero-order chi connectivity index (χ0) is 22.9. The van der Waals surface area contributed by atoms with Gasteiger partial charge in [-0.25, -0.2) is 0 Å². The minimum absolute atomic E-state index is 0.0121. The van der Waals surface area contributed by atoms with E-state index in [9.17, 15) is 9.59 Å². The van der Waals surface area contributed by atoms with Crippen molar-refractivity contribution in [2.45, 2.75) is 71.6 Å². The van der Waals surface area contributed by atoms with Crippen molar-refractivity contribution in [3.05, 3.63) is 70.9 Å². The molecule has 4 nitrogen and oxygen atoms in total. The molecule has 32 heavy (non-hydrogen) atoms. The quantitative estimate of drug-likeness (QED) is 0.357. The first kappa shape index (κ1) is 23.6. The summed E-state index contributed by atoms with van der Waals surface area (Å²) in [5.74, 6) is 0.476. The number of para-hydroxylation sites is 2. The van der Waals surface area contributed by atoms with Crippen LogP contribution in [0.15, 0.2) is 48.5 Å². The van der Waals surface area contributed by atoms with Gasteiger partial charge in [-0.1, -0.05) is 36.8 Å². The number of ketones is 2. The number of benzene rings is 2. The molecule has 0 bridgehead atoms. The fourth-order valence-corrected chi connectivity index (χ4v) is 4.38. The molecule has 0 spiro atoms. The highest BCUT2D eigenvalue weighted by Gasteiger charge is 2.14. The van der Waals surface area contributed by atoms with Crippen LogP contribution in [0, 0.1) is 6.92 Å². The smallest absolute Gasteiger partial charge is 0.161 e. The largest absolute Gasteiger partial charge is 0.398 e. The van der Waals surface area contributed by atoms with E-state index in [1.54, 1.807) is 18.2 Å². The van der Waals surface area contributed by atoms with E-state index < -0.39 is 0 Å². The van der Waals surface area contributed by atoms with Crippen molar-refractivity contribution in [1.82, 2.24) is 4.98 Å². The van der Waals surface area contributed by atoms with Crippen LogP contribution in [0.3, 0.4) is 0 Å². The number of fused-ring (bicyclic) bond motifs is 2. The molecule has 2 aliphatic carbocycles. The maximum atomic E-state index is 10.8. The third-order valence-corrected chi connectivity index (χ3v) is 6.21. The molecule has 1 aromatic heterocycles. The third kappa shape index (κ3) is 6.25. The summed E-state index contributed by atoms with van der Waals surface area (Å²) >= 11 is 0. The normalized spacial score (nSPS) is 15.0. The van der Waals surface area contributed by atoms with Crippen molar-refractivity contribution in [3.63, 3.8) is 0 Å². The van der Waals surface area contributed by atoms with Gasteiger partial charge in [0.15, 0.2) is 5.78 Å². The van der Waals surface area contributed by atoms with Gasteiger partial charge >= 0.3 is 0 Å². The van der Waals surface area contributed by atoms with Crippen LogP contribution in [0.5, 0.6) is 0 Å². The Morgan fingerprint density at radius 3 is 2.09 bits per heavy atom. The van der Waals surface area contributed by atoms with Crippen molar-refractivity contribution >= 4 is 28.2 Å². The lowest BCUT2D eigenvalue weighted by Gasteiger charge is -2.18. The number of aryl methyl sites for hydroxylation is 2. The molecule has 1 saturated carbocycles. The highest BCUT2D eigenvalue weighted by atomic mass is 16.1. The number of hydrogen-bond donors (Lipinski definition) is 1. The maximum absolute atomic E-state index is 10.8. The van der Waals surface area contributed by atoms with E-state index in [4.69, 9.17) is 10.7 Å². The first-order valence-corrected chi connectivity index (χ1v) is 11.7. The van der Waals surface area contributed by atoms with Gasteiger partial charge in [0, 0.05) is 35.2 Å². The number of rotatable bonds is 1. The molecule has 1 fully saturated rings. The Hall–Kier alpha value is -3.01. The van der Waals surface area contributed by atoms with Crippen molar-refractivity contribution in [1.29, 1.82) is 0 Å². The van der Waals surface area contributed by atoms with Crippen LogP contribution in [0.4, 0.5) is 5.69 Å². The van der Waals surface area contributed by atoms with Crippen molar-refractivity contribution in [3.8, 4) is 0 Å². The molecule has 2 aromatic carbocycles. The molecule has 0 atom stereocenters. The second-order valence-electron chi connectivity index (χ2n) is 8.63. The Morgan fingerprint density at radius 2 is 1.47 bits per heavy atom. The summed E-state index contributed by atoms with van der Waals surface area (Å²) in [6.07, 6.45) is 10.3. The van der Waals surface area contributed by atoms with Crippen LogP contribution < -0.4 is 5.73 Å². The summed E-state index contributed by atoms with van der Waals surface area (Å²) in [6, 6.07) is 15.5. The maximum Gasteiger partial charge on any atom is 0.161 e. The molecule has 1 heterocycles. The molecule has 2 aliphatic rings. The lowest BCUT2D eigenvalue weighted by molar-refractivity contribution is -0.120. The van der Waals surface area contributed by atoms with Gasteiger partial charge in [0.1, 0.15) is 5.78 Å². The molecule has 3 aromatic rings. The lowest BCUT2D eigenvalue weighted by atomic mass is 9.90. The van der Waals surface area contributed by atoms with Crippen LogP contribution >= 0.6 is 0 Å². The monoisotopic (exact) mass is 430 g/mol. The van der Waals surface area contributed by atoms with Crippen LogP contribution in [0.25, 0.3) is 10.9 Å². The Morgan fingerprint density at radius 1 is 0.844 bits per heavy atom. The molecule has 4 heteroatoms. The van der Waals surface area contributed by atoms with E-state index >= 15 is 0 Å². The van der Waals surface area contributed by atoms with Gasteiger partial charge in [-0.2, -0.15) is 0 Å². The number of Topliss-reactive ketones (excluding diaryl/α,β-unsaturated/α-hetero) is 2. The zero-order valence-electron chi connectivity index (χ0n) is 19.3. The molecular formula is C28H34N2O2. The standard InChI is InChI=1S/C14H15N.C8H9NO.C6H10O/c1-10-11-6-2-4-8-13(11)15-14-9-5-3-7-12(10)14;1-6(10)7-4-2-3-5-8(7)9;7-6-4-2-1-3-5-6/h2,4,6,8H,3,5,7,9H2,1H3;2-5H,9H2,1H3;1-5H2. The molecule has 5 rings (SSSR count). The van der Waals surface area contributed by atoms with Gasteiger partial charge in [0.2, 0.25) is 0 Å². The molecule has 0 unspecified atom stereocenters. The number of nitrogens with zero attached hydrogens (tertiary/aromatic N) is 1. The summed E-state index contributed by atoms with van der Waals surface area (Å²) in [7, 11) is 0. The molecule has 0 radical (unpaired) electrons. The van der Waals surface area contributed by atoms with Crippen molar-refractivity contribution in [2.24, 2.45) is 0 Å². The predicted octanol–water partition coefficient (Wildman–Crippen LogP) is 6.41. The van der Waals surface area contributed by atoms with E-state index in [-0.39, 0.29) is 5.78 Å². The number of carbonyl (C=O) groups excluding carboxylic acids is 2. The van der Waals surface area contributed by atoms with Gasteiger partial charge in [0.25, 0.3) is 0 Å². The highest BCUT2D eigenvalue weighted by Crippen LogP contribution is 2.28. The van der Waals surface area contributed by atoms with Gasteiger partial charge < -0.3 is 5.73 Å². The van der Waals surface area contributed by atoms with Crippen LogP contribution in [-0.4, -0.2) is 16.6 Å². The topological polar surface area (TPSA) is 73.1 Å². The predicted molar refractivity (Wildman–Crippen MR) is 132 cm³/mol. The highest BCUT2D eigenvalue weighted by molar-refractivity contribution is 5.98. The molecule has 168 valence electrons.